The Hall–Kier alpha value is -3.38. The van der Waals surface area contributed by atoms with Crippen LogP contribution in [0.25, 0.3) is 11.1 Å². The monoisotopic (exact) mass is 582 g/mol. The fourth-order valence-electron chi connectivity index (χ4n) is 10.2. The third kappa shape index (κ3) is 4.23. The Morgan fingerprint density at radius 2 is 1.57 bits per heavy atom. The van der Waals surface area contributed by atoms with Gasteiger partial charge in [0.25, 0.3) is 0 Å². The zero-order valence-corrected chi connectivity index (χ0v) is 29.3. The minimum absolute atomic E-state index is 0.0707. The molecule has 0 unspecified atom stereocenters. The second-order valence-electron chi connectivity index (χ2n) is 15.3. The van der Waals surface area contributed by atoms with Gasteiger partial charge in [0.2, 0.25) is 0 Å². The lowest BCUT2D eigenvalue weighted by molar-refractivity contribution is -0.0370. The Balaban J connectivity index is 1.76. The second-order valence-corrected chi connectivity index (χ2v) is 15.3. The molecule has 0 aliphatic heterocycles. The van der Waals surface area contributed by atoms with Crippen LogP contribution >= 0.6 is 0 Å². The SMILES string of the molecule is C=C(Cc1ccc(C)cc1C(=C)C)C[C@@H]1[C@]2(C)C(=C(C)[C@@]3(C)C(=C)C(C(=C)C)=C(C)C[C@@]13C)C(=C)c1c(C)cccc1[C@H]2C. The molecule has 230 valence electrons. The maximum atomic E-state index is 4.89. The highest BCUT2D eigenvalue weighted by molar-refractivity contribution is 5.87. The van der Waals surface area contributed by atoms with Crippen molar-refractivity contribution >= 4 is 11.1 Å². The molecule has 0 saturated carbocycles. The Morgan fingerprint density at radius 1 is 0.909 bits per heavy atom. The van der Waals surface area contributed by atoms with Crippen LogP contribution < -0.4 is 0 Å². The van der Waals surface area contributed by atoms with E-state index >= 15 is 0 Å². The Bertz CT molecular complexity index is 1730. The molecule has 0 N–H and O–H groups in total. The molecule has 0 nitrogen and oxygen atoms in total. The average Bonchev–Trinajstić information content (AvgIpc) is 2.93. The molecular weight excluding hydrogens is 528 g/mol. The largest absolute Gasteiger partial charge is 0.0995 e. The predicted octanol–water partition coefficient (Wildman–Crippen LogP) is 12.5. The molecule has 0 aromatic heterocycles. The van der Waals surface area contributed by atoms with Gasteiger partial charge < -0.3 is 0 Å². The van der Waals surface area contributed by atoms with Gasteiger partial charge in [-0.25, -0.2) is 0 Å². The summed E-state index contributed by atoms with van der Waals surface area (Å²) in [5.74, 6) is 0.654. The number of fused-ring (bicyclic) bond motifs is 3. The lowest BCUT2D eigenvalue weighted by Gasteiger charge is -2.67. The van der Waals surface area contributed by atoms with Gasteiger partial charge in [-0.3, -0.25) is 0 Å². The fourth-order valence-corrected chi connectivity index (χ4v) is 10.2. The van der Waals surface area contributed by atoms with E-state index in [9.17, 15) is 0 Å². The van der Waals surface area contributed by atoms with Gasteiger partial charge in [-0.15, -0.1) is 0 Å². The van der Waals surface area contributed by atoms with E-state index in [-0.39, 0.29) is 16.2 Å². The van der Waals surface area contributed by atoms with Crippen molar-refractivity contribution in [3.63, 3.8) is 0 Å². The van der Waals surface area contributed by atoms with E-state index in [0.717, 1.165) is 30.4 Å². The number of hydrogen-bond donors (Lipinski definition) is 0. The van der Waals surface area contributed by atoms with Gasteiger partial charge >= 0.3 is 0 Å². The smallest absolute Gasteiger partial charge is 0.0197 e. The molecule has 3 aliphatic carbocycles. The maximum absolute atomic E-state index is 4.89. The van der Waals surface area contributed by atoms with Crippen LogP contribution in [0.15, 0.2) is 108 Å². The van der Waals surface area contributed by atoms with Crippen LogP contribution in [0.3, 0.4) is 0 Å². The fraction of sp³-hybridized carbons (Fsp3) is 0.409. The summed E-state index contributed by atoms with van der Waals surface area (Å²) in [7, 11) is 0. The average molecular weight is 583 g/mol. The summed E-state index contributed by atoms with van der Waals surface area (Å²) in [5.41, 5.74) is 19.0. The predicted molar refractivity (Wildman–Crippen MR) is 194 cm³/mol. The molecular formula is C44H54. The summed E-state index contributed by atoms with van der Waals surface area (Å²) in [6.07, 6.45) is 2.83. The molecule has 0 amide bonds. The lowest BCUT2D eigenvalue weighted by Crippen LogP contribution is -2.59. The van der Waals surface area contributed by atoms with Gasteiger partial charge in [-0.2, -0.15) is 0 Å². The standard InChI is InChI=1S/C44H54/c1-25(2)37-22-27(5)19-20-35(37)21-28(6)23-38-42(13)24-30(8)39(26(3)4)33(11)44(42,15)34(12)41-31(9)40-29(7)17-16-18-36(40)32(10)43(38,41)14/h16-20,22,32,38H,1,3,6,9,11,21,23-24H2,2,4-5,7-8,10,12-15H3/t32-,38+,42+,43-,44-/m1/s1. The van der Waals surface area contributed by atoms with Crippen molar-refractivity contribution in [1.29, 1.82) is 0 Å². The van der Waals surface area contributed by atoms with E-state index < -0.39 is 0 Å². The molecule has 0 radical (unpaired) electrons. The molecule has 5 rings (SSSR count). The highest BCUT2D eigenvalue weighted by atomic mass is 14.7. The molecule has 44 heavy (non-hydrogen) atoms. The van der Waals surface area contributed by atoms with Crippen LogP contribution in [0, 0.1) is 36.0 Å². The molecule has 0 heteroatoms. The molecule has 5 atom stereocenters. The minimum Gasteiger partial charge on any atom is -0.0995 e. The van der Waals surface area contributed by atoms with Gasteiger partial charge in [0, 0.05) is 10.8 Å². The van der Waals surface area contributed by atoms with Crippen molar-refractivity contribution < 1.29 is 0 Å². The van der Waals surface area contributed by atoms with E-state index in [1.807, 2.05) is 0 Å². The zero-order chi connectivity index (χ0) is 32.7. The third-order valence-electron chi connectivity index (χ3n) is 12.6. The van der Waals surface area contributed by atoms with Crippen LogP contribution in [0.5, 0.6) is 0 Å². The first-order valence-electron chi connectivity index (χ1n) is 16.4. The number of benzene rings is 2. The van der Waals surface area contributed by atoms with Crippen molar-refractivity contribution in [3.05, 3.63) is 142 Å². The molecule has 0 saturated heterocycles. The third-order valence-corrected chi connectivity index (χ3v) is 12.6. The molecule has 0 bridgehead atoms. The summed E-state index contributed by atoms with van der Waals surface area (Å²) in [6.45, 7) is 46.8. The number of rotatable bonds is 6. The number of aryl methyl sites for hydroxylation is 2. The molecule has 2 aromatic carbocycles. The van der Waals surface area contributed by atoms with Crippen LogP contribution in [0.1, 0.15) is 108 Å². The zero-order valence-electron chi connectivity index (χ0n) is 29.3. The van der Waals surface area contributed by atoms with E-state index in [0.29, 0.717) is 11.8 Å². The van der Waals surface area contributed by atoms with E-state index in [1.54, 1.807) is 0 Å². The summed E-state index contributed by atoms with van der Waals surface area (Å²) < 4.78 is 0. The van der Waals surface area contributed by atoms with Gasteiger partial charge in [0.05, 0.1) is 0 Å². The summed E-state index contributed by atoms with van der Waals surface area (Å²) in [6, 6.07) is 13.6. The van der Waals surface area contributed by atoms with Crippen molar-refractivity contribution in [3.8, 4) is 0 Å². The first-order chi connectivity index (χ1) is 20.4. The summed E-state index contributed by atoms with van der Waals surface area (Å²) in [5, 5.41) is 0. The van der Waals surface area contributed by atoms with Crippen molar-refractivity contribution in [1.82, 2.24) is 0 Å². The Kier molecular flexibility index (Phi) is 7.72. The normalized spacial score (nSPS) is 29.7. The quantitative estimate of drug-likeness (QED) is 0.297. The van der Waals surface area contributed by atoms with Crippen LogP contribution in [-0.4, -0.2) is 0 Å². The minimum atomic E-state index is -0.240. The van der Waals surface area contributed by atoms with Gasteiger partial charge in [0.1, 0.15) is 0 Å². The Morgan fingerprint density at radius 3 is 2.18 bits per heavy atom. The number of allylic oxidation sites excluding steroid dienone is 9. The van der Waals surface area contributed by atoms with Crippen LogP contribution in [0.4, 0.5) is 0 Å². The first kappa shape index (κ1) is 32.0. The highest BCUT2D eigenvalue weighted by Gasteiger charge is 2.66. The van der Waals surface area contributed by atoms with E-state index in [2.05, 4.69) is 119 Å². The second kappa shape index (κ2) is 10.6. The summed E-state index contributed by atoms with van der Waals surface area (Å²) in [4.78, 5) is 0. The van der Waals surface area contributed by atoms with Crippen LogP contribution in [-0.2, 0) is 6.42 Å². The molecule has 3 aliphatic rings. The highest BCUT2D eigenvalue weighted by Crippen LogP contribution is 2.75. The molecule has 0 heterocycles. The lowest BCUT2D eigenvalue weighted by atomic mass is 9.36. The van der Waals surface area contributed by atoms with Gasteiger partial charge in [0.15, 0.2) is 0 Å². The van der Waals surface area contributed by atoms with Crippen LogP contribution in [0.2, 0.25) is 0 Å². The van der Waals surface area contributed by atoms with E-state index in [1.165, 1.54) is 72.4 Å². The molecule has 0 spiro atoms. The van der Waals surface area contributed by atoms with Gasteiger partial charge in [-0.05, 0) is 128 Å². The topological polar surface area (TPSA) is 0 Å². The van der Waals surface area contributed by atoms with Crippen molar-refractivity contribution in [2.45, 2.75) is 94.4 Å². The molecule has 2 aromatic rings. The van der Waals surface area contributed by atoms with Crippen molar-refractivity contribution in [2.24, 2.45) is 22.2 Å². The maximum Gasteiger partial charge on any atom is 0.0197 e. The first-order valence-corrected chi connectivity index (χ1v) is 16.4. The van der Waals surface area contributed by atoms with Gasteiger partial charge in [-0.1, -0.05) is 130 Å². The van der Waals surface area contributed by atoms with E-state index in [4.69, 9.17) is 19.7 Å². The summed E-state index contributed by atoms with van der Waals surface area (Å²) >= 11 is 0. The Labute approximate surface area is 268 Å². The number of hydrogen-bond acceptors (Lipinski definition) is 0. The molecule has 0 fully saturated rings. The van der Waals surface area contributed by atoms with Crippen molar-refractivity contribution in [2.75, 3.05) is 0 Å².